The number of rotatable bonds is 6. The van der Waals surface area contributed by atoms with E-state index in [0.717, 1.165) is 23.4 Å². The normalized spacial score (nSPS) is 14.8. The Balaban J connectivity index is 1.65. The molecule has 1 unspecified atom stereocenters. The van der Waals surface area contributed by atoms with Gasteiger partial charge < -0.3 is 19.1 Å². The topological polar surface area (TPSA) is 84.4 Å². The average molecular weight is 571 g/mol. The number of alkyl halides is 3. The van der Waals surface area contributed by atoms with Crippen LogP contribution in [-0.4, -0.2) is 44.9 Å². The zero-order valence-corrected chi connectivity index (χ0v) is 22.1. The molecule has 1 N–H and O–H groups in total. The van der Waals surface area contributed by atoms with Gasteiger partial charge in [0.2, 0.25) is 5.82 Å². The summed E-state index contributed by atoms with van der Waals surface area (Å²) >= 11 is -2.61. The van der Waals surface area contributed by atoms with E-state index < -0.39 is 29.1 Å². The van der Waals surface area contributed by atoms with Gasteiger partial charge in [0.25, 0.3) is 0 Å². The molecule has 0 spiro atoms. The van der Waals surface area contributed by atoms with Crippen LogP contribution in [0.4, 0.5) is 34.8 Å². The molecule has 4 aromatic rings. The lowest BCUT2D eigenvalue weighted by atomic mass is 9.98. The predicted molar refractivity (Wildman–Crippen MR) is 146 cm³/mol. The smallest absolute Gasteiger partial charge is 0.451 e. The highest BCUT2D eigenvalue weighted by Crippen LogP contribution is 2.41. The van der Waals surface area contributed by atoms with Crippen LogP contribution < -0.4 is 14.5 Å². The molecule has 1 aromatic heterocycles. The van der Waals surface area contributed by atoms with Gasteiger partial charge in [0, 0.05) is 54.4 Å². The first-order valence-electron chi connectivity index (χ1n) is 12.4. The number of aryl methyl sites for hydroxylation is 1. The number of hydrogen-bond acceptors (Lipinski definition) is 6. The molecule has 208 valence electrons. The van der Waals surface area contributed by atoms with E-state index in [1.807, 2.05) is 25.1 Å². The first kappa shape index (κ1) is 27.5. The Kier molecular flexibility index (Phi) is 7.72. The summed E-state index contributed by atoms with van der Waals surface area (Å²) in [5, 5.41) is 0. The molecule has 2 heterocycles. The Morgan fingerprint density at radius 2 is 1.55 bits per heavy atom. The number of benzene rings is 3. The molecule has 0 bridgehead atoms. The lowest BCUT2D eigenvalue weighted by Gasteiger charge is -2.38. The van der Waals surface area contributed by atoms with Crippen molar-refractivity contribution in [3.63, 3.8) is 0 Å². The van der Waals surface area contributed by atoms with Crippen LogP contribution in [0, 0.1) is 12.7 Å². The third-order valence-corrected chi connectivity index (χ3v) is 6.96. The zero-order valence-electron chi connectivity index (χ0n) is 21.3. The standard InChI is InChI=1S/C28H25F4N5O2S/c1-18-4-2-7-23(16-18)36-12-14-37(15-13-36)26-24(20-5-3-6-22(17-20)35-40(38)39)25(19-8-10-21(29)11-9-19)33-27(34-26)28(30,31)32/h2-11,16-17,35H,12-15H2,1H3,(H,38,39)/p-1. The third kappa shape index (κ3) is 6.07. The van der Waals surface area contributed by atoms with E-state index in [4.69, 9.17) is 0 Å². The quantitative estimate of drug-likeness (QED) is 0.233. The number of nitrogens with zero attached hydrogens (tertiary/aromatic N) is 4. The van der Waals surface area contributed by atoms with Gasteiger partial charge in [-0.05, 0) is 66.6 Å². The van der Waals surface area contributed by atoms with Crippen molar-refractivity contribution in [2.45, 2.75) is 13.1 Å². The first-order valence-corrected chi connectivity index (χ1v) is 13.4. The Labute approximate surface area is 230 Å². The monoisotopic (exact) mass is 570 g/mol. The molecule has 12 heteroatoms. The fourth-order valence-corrected chi connectivity index (χ4v) is 5.04. The molecule has 1 aliphatic rings. The van der Waals surface area contributed by atoms with E-state index >= 15 is 0 Å². The van der Waals surface area contributed by atoms with Crippen LogP contribution in [0.3, 0.4) is 0 Å². The summed E-state index contributed by atoms with van der Waals surface area (Å²) in [6, 6.07) is 19.2. The molecule has 3 aromatic carbocycles. The van der Waals surface area contributed by atoms with E-state index in [-0.39, 0.29) is 28.3 Å². The zero-order chi connectivity index (χ0) is 28.4. The molecule has 1 atom stereocenters. The fourth-order valence-electron chi connectivity index (χ4n) is 4.72. The van der Waals surface area contributed by atoms with E-state index in [1.165, 1.54) is 24.3 Å². The average Bonchev–Trinajstić information content (AvgIpc) is 2.92. The molecule has 1 aliphatic heterocycles. The van der Waals surface area contributed by atoms with Crippen molar-refractivity contribution in [3.8, 4) is 22.4 Å². The summed E-state index contributed by atoms with van der Waals surface area (Å²) in [6.07, 6.45) is -4.84. The van der Waals surface area contributed by atoms with Crippen LogP contribution >= 0.6 is 0 Å². The molecule has 0 aliphatic carbocycles. The molecular formula is C28H24F4N5O2S-. The largest absolute Gasteiger partial charge is 0.755 e. The SMILES string of the molecule is Cc1cccc(N2CCN(c3nc(C(F)(F)F)nc(-c4ccc(F)cc4)c3-c3cccc(NS(=O)[O-])c3)CC2)c1. The second-order valence-electron chi connectivity index (χ2n) is 9.33. The summed E-state index contributed by atoms with van der Waals surface area (Å²) in [4.78, 5) is 11.8. The highest BCUT2D eigenvalue weighted by molar-refractivity contribution is 7.80. The van der Waals surface area contributed by atoms with Crippen LogP contribution in [0.2, 0.25) is 0 Å². The molecule has 5 rings (SSSR count). The number of aromatic nitrogens is 2. The van der Waals surface area contributed by atoms with Gasteiger partial charge in [0.15, 0.2) is 0 Å². The first-order chi connectivity index (χ1) is 19.1. The van der Waals surface area contributed by atoms with Gasteiger partial charge in [-0.3, -0.25) is 4.21 Å². The van der Waals surface area contributed by atoms with Crippen molar-refractivity contribution in [1.82, 2.24) is 9.97 Å². The molecular weight excluding hydrogens is 546 g/mol. The van der Waals surface area contributed by atoms with Crippen molar-refractivity contribution < 1.29 is 26.3 Å². The predicted octanol–water partition coefficient (Wildman–Crippen LogP) is 5.81. The van der Waals surface area contributed by atoms with Gasteiger partial charge in [-0.1, -0.05) is 24.3 Å². The Hall–Kier alpha value is -4.03. The van der Waals surface area contributed by atoms with Crippen LogP contribution in [0.5, 0.6) is 0 Å². The maximum absolute atomic E-state index is 14.1. The van der Waals surface area contributed by atoms with Crippen LogP contribution in [0.25, 0.3) is 22.4 Å². The van der Waals surface area contributed by atoms with Gasteiger partial charge in [-0.25, -0.2) is 14.4 Å². The van der Waals surface area contributed by atoms with Crippen molar-refractivity contribution in [2.24, 2.45) is 0 Å². The minimum absolute atomic E-state index is 0.0427. The molecule has 0 saturated carbocycles. The van der Waals surface area contributed by atoms with E-state index in [0.29, 0.717) is 31.7 Å². The Morgan fingerprint density at radius 1 is 0.875 bits per heavy atom. The molecule has 1 saturated heterocycles. The minimum atomic E-state index is -4.84. The van der Waals surface area contributed by atoms with Crippen LogP contribution in [-0.2, 0) is 17.4 Å². The van der Waals surface area contributed by atoms with Crippen LogP contribution in [0.1, 0.15) is 11.4 Å². The number of piperazine rings is 1. The van der Waals surface area contributed by atoms with Gasteiger partial charge >= 0.3 is 6.18 Å². The van der Waals surface area contributed by atoms with E-state index in [1.54, 1.807) is 17.0 Å². The maximum Gasteiger partial charge on any atom is 0.451 e. The maximum atomic E-state index is 14.1. The van der Waals surface area contributed by atoms with Crippen molar-refractivity contribution in [3.05, 3.63) is 90.0 Å². The molecule has 7 nitrogen and oxygen atoms in total. The summed E-state index contributed by atoms with van der Waals surface area (Å²) in [7, 11) is 0. The Bertz CT molecular complexity index is 1540. The highest BCUT2D eigenvalue weighted by Gasteiger charge is 2.38. The number of nitrogens with one attached hydrogen (secondary N) is 1. The second-order valence-corrected chi connectivity index (χ2v) is 10.0. The van der Waals surface area contributed by atoms with Crippen LogP contribution in [0.15, 0.2) is 72.8 Å². The molecule has 40 heavy (non-hydrogen) atoms. The summed E-state index contributed by atoms with van der Waals surface area (Å²) < 4.78 is 80.8. The summed E-state index contributed by atoms with van der Waals surface area (Å²) in [5.41, 5.74) is 3.24. The number of anilines is 3. The summed E-state index contributed by atoms with van der Waals surface area (Å²) in [5.74, 6) is -1.81. The van der Waals surface area contributed by atoms with Gasteiger partial charge in [-0.2, -0.15) is 13.2 Å². The molecule has 1 fully saturated rings. The highest BCUT2D eigenvalue weighted by atomic mass is 32.2. The number of halogens is 4. The van der Waals surface area contributed by atoms with Crippen molar-refractivity contribution in [2.75, 3.05) is 40.7 Å². The van der Waals surface area contributed by atoms with Gasteiger partial charge in [-0.15, -0.1) is 0 Å². The molecule has 0 radical (unpaired) electrons. The molecule has 0 amide bonds. The lowest BCUT2D eigenvalue weighted by Crippen LogP contribution is -2.47. The van der Waals surface area contributed by atoms with E-state index in [9.17, 15) is 26.3 Å². The third-order valence-electron chi connectivity index (χ3n) is 6.56. The van der Waals surface area contributed by atoms with Gasteiger partial charge in [0.05, 0.1) is 11.3 Å². The van der Waals surface area contributed by atoms with Crippen molar-refractivity contribution in [1.29, 1.82) is 0 Å². The second kappa shape index (κ2) is 11.2. The van der Waals surface area contributed by atoms with E-state index in [2.05, 4.69) is 25.7 Å². The Morgan fingerprint density at radius 3 is 2.20 bits per heavy atom. The van der Waals surface area contributed by atoms with Gasteiger partial charge in [0.1, 0.15) is 11.6 Å². The fraction of sp³-hybridized carbons (Fsp3) is 0.214. The number of hydrogen-bond donors (Lipinski definition) is 1. The lowest BCUT2D eigenvalue weighted by molar-refractivity contribution is -0.144. The van der Waals surface area contributed by atoms with Crippen molar-refractivity contribution >= 4 is 28.5 Å². The summed E-state index contributed by atoms with van der Waals surface area (Å²) in [6.45, 7) is 3.82. The minimum Gasteiger partial charge on any atom is -0.755 e.